The molecule has 2 atom stereocenters. The normalized spacial score (nSPS) is 24.6. The number of benzene rings is 1. The molecule has 0 N–H and O–H groups in total. The summed E-state index contributed by atoms with van der Waals surface area (Å²) in [5.74, 6) is -0.225. The van der Waals surface area contributed by atoms with Gasteiger partial charge >= 0.3 is 5.97 Å². The Morgan fingerprint density at radius 3 is 2.61 bits per heavy atom. The minimum Gasteiger partial charge on any atom is -0.726 e. The highest BCUT2D eigenvalue weighted by Gasteiger charge is 2.51. The third-order valence-corrected chi connectivity index (χ3v) is 7.26. The lowest BCUT2D eigenvalue weighted by atomic mass is 9.66. The Bertz CT molecular complexity index is 1150. The van der Waals surface area contributed by atoms with Crippen molar-refractivity contribution in [1.82, 2.24) is 9.47 Å². The highest BCUT2D eigenvalue weighted by atomic mass is 32.3. The first-order chi connectivity index (χ1) is 14.8. The van der Waals surface area contributed by atoms with Gasteiger partial charge in [-0.25, -0.2) is 13.2 Å². The van der Waals surface area contributed by atoms with E-state index >= 15 is 0 Å². The Kier molecular flexibility index (Phi) is 5.72. The Morgan fingerprint density at radius 1 is 1.26 bits per heavy atom. The molecule has 0 radical (unpaired) electrons. The van der Waals surface area contributed by atoms with E-state index in [1.54, 1.807) is 0 Å². The van der Waals surface area contributed by atoms with Gasteiger partial charge in [-0.15, -0.1) is 0 Å². The van der Waals surface area contributed by atoms with Crippen molar-refractivity contribution in [1.29, 1.82) is 0 Å². The second-order valence-corrected chi connectivity index (χ2v) is 9.34. The van der Waals surface area contributed by atoms with Crippen molar-refractivity contribution in [3.63, 3.8) is 0 Å². The average molecular weight is 448 g/mol. The van der Waals surface area contributed by atoms with Crippen LogP contribution < -0.4 is 0 Å². The summed E-state index contributed by atoms with van der Waals surface area (Å²) in [4.78, 5) is 15.3. The van der Waals surface area contributed by atoms with E-state index in [4.69, 9.17) is 4.74 Å². The van der Waals surface area contributed by atoms with Gasteiger partial charge in [-0.05, 0) is 49.9 Å². The maximum atomic E-state index is 12.7. The van der Waals surface area contributed by atoms with Crippen LogP contribution in [0.15, 0.2) is 30.3 Å². The van der Waals surface area contributed by atoms with Gasteiger partial charge in [0.2, 0.25) is 10.4 Å². The molecule has 0 amide bonds. The SMILES string of the molecule is CC[C@@]12C=C(C(=O)OC)n3c4c(c5ccccc53)CCN(CCC1)[C@H]42.COS(=O)(=O)[O-]. The predicted octanol–water partition coefficient (Wildman–Crippen LogP) is 2.85. The first-order valence-electron chi connectivity index (χ1n) is 10.5. The van der Waals surface area contributed by atoms with Crippen LogP contribution in [0.4, 0.5) is 0 Å². The molecular weight excluding hydrogens is 420 g/mol. The monoisotopic (exact) mass is 447 g/mol. The average Bonchev–Trinajstić information content (AvgIpc) is 3.12. The molecule has 0 bridgehead atoms. The third-order valence-electron chi connectivity index (χ3n) is 6.85. The largest absolute Gasteiger partial charge is 0.726 e. The van der Waals surface area contributed by atoms with Crippen LogP contribution >= 0.6 is 0 Å². The van der Waals surface area contributed by atoms with Crippen LogP contribution in [-0.4, -0.2) is 55.7 Å². The summed E-state index contributed by atoms with van der Waals surface area (Å²) in [6.45, 7) is 4.55. The van der Waals surface area contributed by atoms with Crippen LogP contribution in [0.5, 0.6) is 0 Å². The molecule has 3 aliphatic rings. The maximum Gasteiger partial charge on any atom is 0.354 e. The van der Waals surface area contributed by atoms with Gasteiger partial charge in [0.25, 0.3) is 0 Å². The van der Waals surface area contributed by atoms with Crippen LogP contribution in [0, 0.1) is 5.41 Å². The number of carbonyl (C=O) groups excluding carboxylic acids is 1. The smallest absolute Gasteiger partial charge is 0.354 e. The van der Waals surface area contributed by atoms with Gasteiger partial charge in [-0.1, -0.05) is 25.1 Å². The van der Waals surface area contributed by atoms with E-state index in [9.17, 15) is 17.8 Å². The van der Waals surface area contributed by atoms with Crippen molar-refractivity contribution in [2.24, 2.45) is 5.41 Å². The molecule has 3 aliphatic heterocycles. The van der Waals surface area contributed by atoms with Gasteiger partial charge in [0.1, 0.15) is 5.70 Å². The highest BCUT2D eigenvalue weighted by molar-refractivity contribution is 7.80. The van der Waals surface area contributed by atoms with Crippen molar-refractivity contribution < 1.29 is 26.7 Å². The number of hydrogen-bond donors (Lipinski definition) is 0. The van der Waals surface area contributed by atoms with E-state index in [1.165, 1.54) is 30.2 Å². The zero-order valence-corrected chi connectivity index (χ0v) is 18.8. The second kappa shape index (κ2) is 8.05. The molecule has 1 aromatic carbocycles. The maximum absolute atomic E-state index is 12.7. The molecule has 1 saturated heterocycles. The van der Waals surface area contributed by atoms with Crippen LogP contribution in [0.1, 0.15) is 43.5 Å². The van der Waals surface area contributed by atoms with Gasteiger partial charge in [0.05, 0.1) is 25.8 Å². The molecule has 0 unspecified atom stereocenters. The lowest BCUT2D eigenvalue weighted by molar-refractivity contribution is -0.134. The minimum absolute atomic E-state index is 0.0430. The van der Waals surface area contributed by atoms with E-state index in [0.717, 1.165) is 45.0 Å². The molecule has 168 valence electrons. The summed E-state index contributed by atoms with van der Waals surface area (Å²) in [5, 5.41) is 1.30. The zero-order chi connectivity index (χ0) is 22.4. The van der Waals surface area contributed by atoms with Crippen molar-refractivity contribution in [3.8, 4) is 0 Å². The first kappa shape index (κ1) is 22.0. The topological polar surface area (TPSA) is 101 Å². The number of ether oxygens (including phenoxy) is 1. The molecule has 1 aromatic heterocycles. The number of hydrogen-bond acceptors (Lipinski definition) is 7. The summed E-state index contributed by atoms with van der Waals surface area (Å²) >= 11 is 0. The fourth-order valence-corrected chi connectivity index (χ4v) is 5.53. The van der Waals surface area contributed by atoms with E-state index in [1.807, 2.05) is 0 Å². The summed E-state index contributed by atoms with van der Waals surface area (Å²) in [7, 11) is -2.12. The Morgan fingerprint density at radius 2 is 1.97 bits per heavy atom. The number of rotatable bonds is 3. The lowest BCUT2D eigenvalue weighted by Crippen LogP contribution is -2.51. The number of fused-ring (bicyclic) bond motifs is 3. The predicted molar refractivity (Wildman–Crippen MR) is 115 cm³/mol. The number of nitrogens with zero attached hydrogens (tertiary/aromatic N) is 2. The molecule has 8 nitrogen and oxygen atoms in total. The zero-order valence-electron chi connectivity index (χ0n) is 18.0. The molecule has 31 heavy (non-hydrogen) atoms. The number of para-hydroxylation sites is 1. The summed E-state index contributed by atoms with van der Waals surface area (Å²) in [6, 6.07) is 8.89. The van der Waals surface area contributed by atoms with Crippen molar-refractivity contribution >= 4 is 33.0 Å². The van der Waals surface area contributed by atoms with Crippen LogP contribution in [-0.2, 0) is 30.5 Å². The number of aromatic nitrogens is 1. The highest BCUT2D eigenvalue weighted by Crippen LogP contribution is 2.56. The van der Waals surface area contributed by atoms with Crippen LogP contribution in [0.25, 0.3) is 16.6 Å². The van der Waals surface area contributed by atoms with Crippen LogP contribution in [0.2, 0.25) is 0 Å². The molecule has 1 fully saturated rings. The quantitative estimate of drug-likeness (QED) is 0.405. The third kappa shape index (κ3) is 3.59. The standard InChI is InChI=1S/C21H24N2O2.CH4O4S/c1-3-21-10-6-11-22-12-9-15-14-7-4-5-8-16(14)23(18(15)19(21)22)17(13-21)20(24)25-2;1-5-6(2,3)4/h4-5,7-8,13,19H,3,6,9-12H2,1-2H3;1H3,(H,2,3,4)/p-1/t19-,21+;/m1./s1. The van der Waals surface area contributed by atoms with E-state index in [0.29, 0.717) is 11.7 Å². The molecule has 5 rings (SSSR count). The van der Waals surface area contributed by atoms with Crippen molar-refractivity contribution in [3.05, 3.63) is 41.6 Å². The van der Waals surface area contributed by atoms with Gasteiger partial charge in [-0.2, -0.15) is 0 Å². The summed E-state index contributed by atoms with van der Waals surface area (Å²) in [6.07, 6.45) is 6.70. The molecule has 0 aliphatic carbocycles. The van der Waals surface area contributed by atoms with E-state index in [-0.39, 0.29) is 11.4 Å². The van der Waals surface area contributed by atoms with Crippen LogP contribution in [0.3, 0.4) is 0 Å². The minimum atomic E-state index is -4.41. The molecule has 4 heterocycles. The van der Waals surface area contributed by atoms with E-state index < -0.39 is 10.4 Å². The molecule has 9 heteroatoms. The van der Waals surface area contributed by atoms with Crippen molar-refractivity contribution in [2.45, 2.75) is 38.6 Å². The second-order valence-electron chi connectivity index (χ2n) is 8.19. The van der Waals surface area contributed by atoms with Crippen molar-refractivity contribution in [2.75, 3.05) is 27.3 Å². The van der Waals surface area contributed by atoms with Gasteiger partial charge in [0, 0.05) is 23.0 Å². The Hall–Kier alpha value is -2.20. The van der Waals surface area contributed by atoms with E-state index in [2.05, 4.69) is 50.9 Å². The Labute approximate surface area is 182 Å². The molecule has 0 saturated carbocycles. The summed E-state index contributed by atoms with van der Waals surface area (Å²) < 4.78 is 38.4. The van der Waals surface area contributed by atoms with Gasteiger partial charge < -0.3 is 13.9 Å². The molecular formula is C22H27N2O6S-. The number of carbonyl (C=O) groups is 1. The lowest BCUT2D eigenvalue weighted by Gasteiger charge is -2.53. The number of piperidine rings is 1. The molecule has 2 aromatic rings. The first-order valence-corrected chi connectivity index (χ1v) is 11.8. The van der Waals surface area contributed by atoms with Gasteiger partial charge in [-0.3, -0.25) is 9.08 Å². The van der Waals surface area contributed by atoms with Gasteiger partial charge in [0.15, 0.2) is 0 Å². The summed E-state index contributed by atoms with van der Waals surface area (Å²) in [5.41, 5.74) is 4.67. The molecule has 0 spiro atoms. The fraction of sp³-hybridized carbons (Fsp3) is 0.500. The fourth-order valence-electron chi connectivity index (χ4n) is 5.53. The number of esters is 1. The Balaban J connectivity index is 0.000000342. The number of methoxy groups -OCH3 is 1.